The molecule has 1 nitrogen and oxygen atoms in total. The Morgan fingerprint density at radius 3 is 2.76 bits per heavy atom. The second kappa shape index (κ2) is 5.99. The second-order valence-electron chi connectivity index (χ2n) is 4.06. The Kier molecular flexibility index (Phi) is 4.35. The number of hydrogen-bond acceptors (Lipinski definition) is 1. The van der Waals surface area contributed by atoms with Gasteiger partial charge in [0.25, 0.3) is 0 Å². The molecule has 0 aliphatic carbocycles. The minimum absolute atomic E-state index is 0.352. The third-order valence-corrected chi connectivity index (χ3v) is 3.29. The van der Waals surface area contributed by atoms with E-state index in [1.807, 2.05) is 4.99 Å². The minimum Gasteiger partial charge on any atom is -0.307 e. The Morgan fingerprint density at radius 2 is 1.94 bits per heavy atom. The number of benzene rings is 2. The van der Waals surface area contributed by atoms with Crippen LogP contribution in [-0.4, -0.2) is 6.54 Å². The molecule has 0 saturated heterocycles. The van der Waals surface area contributed by atoms with Gasteiger partial charge in [0.05, 0.1) is 0 Å². The predicted octanol–water partition coefficient (Wildman–Crippen LogP) is 4.40. The summed E-state index contributed by atoms with van der Waals surface area (Å²) >= 11 is 3.27. The first-order chi connectivity index (χ1) is 8.33. The fourth-order valence-electron chi connectivity index (χ4n) is 2.03. The van der Waals surface area contributed by atoms with E-state index in [4.69, 9.17) is 0 Å². The zero-order valence-electron chi connectivity index (χ0n) is 9.86. The number of nitrogens with one attached hydrogen (secondary N) is 1. The van der Waals surface area contributed by atoms with Crippen molar-refractivity contribution in [1.29, 1.82) is 0 Å². The largest absolute Gasteiger partial charge is 0.307 e. The highest BCUT2D eigenvalue weighted by molar-refractivity contribution is 9.11. The molecular weight excluding hydrogens is 274 g/mol. The number of hydrogen-bond donors (Lipinski definition) is 1. The molecule has 2 aromatic rings. The van der Waals surface area contributed by atoms with Crippen molar-refractivity contribution < 1.29 is 0 Å². The third kappa shape index (κ3) is 2.96. The average Bonchev–Trinajstić information content (AvgIpc) is 2.38. The molecule has 2 aromatic carbocycles. The van der Waals surface area contributed by atoms with Crippen molar-refractivity contribution in [1.82, 2.24) is 5.32 Å². The van der Waals surface area contributed by atoms with Gasteiger partial charge in [-0.25, -0.2) is 0 Å². The molecular formula is C15H16BrN. The lowest BCUT2D eigenvalue weighted by Gasteiger charge is -2.15. The van der Waals surface area contributed by atoms with Gasteiger partial charge in [-0.3, -0.25) is 0 Å². The Bertz CT molecular complexity index is 514. The van der Waals surface area contributed by atoms with Gasteiger partial charge in [0.15, 0.2) is 0 Å². The van der Waals surface area contributed by atoms with Crippen molar-refractivity contribution in [2.24, 2.45) is 0 Å². The second-order valence-corrected chi connectivity index (χ2v) is 4.59. The molecule has 0 aromatic heterocycles. The van der Waals surface area contributed by atoms with Crippen LogP contribution in [-0.2, 0) is 0 Å². The number of fused-ring (bicyclic) bond motifs is 1. The molecule has 1 N–H and O–H groups in total. The van der Waals surface area contributed by atoms with Gasteiger partial charge in [-0.1, -0.05) is 64.5 Å². The average molecular weight is 290 g/mol. The van der Waals surface area contributed by atoms with Crippen molar-refractivity contribution in [2.45, 2.75) is 13.0 Å². The van der Waals surface area contributed by atoms with Crippen LogP contribution in [0.1, 0.15) is 18.5 Å². The quantitative estimate of drug-likeness (QED) is 0.880. The summed E-state index contributed by atoms with van der Waals surface area (Å²) in [5, 5.41) is 6.11. The first-order valence-corrected chi connectivity index (χ1v) is 6.71. The molecule has 0 bridgehead atoms. The smallest absolute Gasteiger partial charge is 0.0300 e. The number of rotatable bonds is 4. The third-order valence-electron chi connectivity index (χ3n) is 2.92. The van der Waals surface area contributed by atoms with E-state index in [0.717, 1.165) is 6.54 Å². The summed E-state index contributed by atoms with van der Waals surface area (Å²) in [4.78, 5) is 1.88. The van der Waals surface area contributed by atoms with E-state index in [0.29, 0.717) is 6.04 Å². The molecule has 1 atom stereocenters. The molecule has 0 aliphatic rings. The summed E-state index contributed by atoms with van der Waals surface area (Å²) in [5.74, 6) is 0. The highest BCUT2D eigenvalue weighted by atomic mass is 79.9. The van der Waals surface area contributed by atoms with E-state index in [1.54, 1.807) is 0 Å². The van der Waals surface area contributed by atoms with Crippen LogP contribution < -0.4 is 5.32 Å². The summed E-state index contributed by atoms with van der Waals surface area (Å²) in [6, 6.07) is 15.3. The van der Waals surface area contributed by atoms with Gasteiger partial charge < -0.3 is 5.32 Å². The lowest BCUT2D eigenvalue weighted by Crippen LogP contribution is -2.18. The first-order valence-electron chi connectivity index (χ1n) is 5.79. The van der Waals surface area contributed by atoms with Crippen LogP contribution in [0.4, 0.5) is 0 Å². The lowest BCUT2D eigenvalue weighted by molar-refractivity contribution is 0.622. The van der Waals surface area contributed by atoms with Gasteiger partial charge in [0.2, 0.25) is 0 Å². The molecule has 0 aliphatic heterocycles. The highest BCUT2D eigenvalue weighted by Gasteiger charge is 2.07. The standard InChI is InChI=1S/C15H16BrN/c1-12(17-11-5-10-16)14-9-4-7-13-6-2-3-8-15(13)14/h2-10,12,17H,11H2,1H3/b10-5+. The van der Waals surface area contributed by atoms with Crippen LogP contribution in [0.15, 0.2) is 53.5 Å². The lowest BCUT2D eigenvalue weighted by atomic mass is 10.00. The van der Waals surface area contributed by atoms with E-state index in [9.17, 15) is 0 Å². The summed E-state index contributed by atoms with van der Waals surface area (Å²) in [7, 11) is 0. The monoisotopic (exact) mass is 289 g/mol. The fourth-order valence-corrected chi connectivity index (χ4v) is 2.21. The van der Waals surface area contributed by atoms with Gasteiger partial charge in [-0.15, -0.1) is 0 Å². The van der Waals surface area contributed by atoms with Crippen LogP contribution >= 0.6 is 15.9 Å². The maximum absolute atomic E-state index is 3.48. The fraction of sp³-hybridized carbons (Fsp3) is 0.200. The maximum atomic E-state index is 3.48. The normalized spacial score (nSPS) is 13.3. The van der Waals surface area contributed by atoms with E-state index >= 15 is 0 Å². The molecule has 2 heteroatoms. The predicted molar refractivity (Wildman–Crippen MR) is 78.4 cm³/mol. The highest BCUT2D eigenvalue weighted by Crippen LogP contribution is 2.23. The van der Waals surface area contributed by atoms with Gasteiger partial charge in [0, 0.05) is 12.6 Å². The Hall–Kier alpha value is -1.12. The van der Waals surface area contributed by atoms with Crippen molar-refractivity contribution in [3.63, 3.8) is 0 Å². The Morgan fingerprint density at radius 1 is 1.18 bits per heavy atom. The number of halogens is 1. The van der Waals surface area contributed by atoms with E-state index in [-0.39, 0.29) is 0 Å². The zero-order chi connectivity index (χ0) is 12.1. The van der Waals surface area contributed by atoms with Gasteiger partial charge in [-0.2, -0.15) is 0 Å². The molecule has 2 rings (SSSR count). The summed E-state index contributed by atoms with van der Waals surface area (Å²) in [6.07, 6.45) is 2.06. The molecule has 0 heterocycles. The SMILES string of the molecule is CC(NC/C=C/Br)c1cccc2ccccc12. The van der Waals surface area contributed by atoms with Gasteiger partial charge in [-0.05, 0) is 28.2 Å². The minimum atomic E-state index is 0.352. The molecule has 0 spiro atoms. The van der Waals surface area contributed by atoms with Crippen molar-refractivity contribution in [2.75, 3.05) is 6.54 Å². The summed E-state index contributed by atoms with van der Waals surface area (Å²) in [6.45, 7) is 3.07. The molecule has 0 amide bonds. The van der Waals surface area contributed by atoms with Crippen molar-refractivity contribution in [3.05, 3.63) is 59.1 Å². The van der Waals surface area contributed by atoms with Crippen LogP contribution in [0, 0.1) is 0 Å². The van der Waals surface area contributed by atoms with Crippen LogP contribution in [0.2, 0.25) is 0 Å². The summed E-state index contributed by atoms with van der Waals surface area (Å²) < 4.78 is 0. The molecule has 0 fully saturated rings. The molecule has 88 valence electrons. The molecule has 0 saturated carbocycles. The van der Waals surface area contributed by atoms with Crippen LogP contribution in [0.5, 0.6) is 0 Å². The molecule has 0 radical (unpaired) electrons. The first kappa shape index (κ1) is 12.3. The molecule has 1 unspecified atom stereocenters. The van der Waals surface area contributed by atoms with Crippen molar-refractivity contribution >= 4 is 26.7 Å². The zero-order valence-corrected chi connectivity index (χ0v) is 11.4. The maximum Gasteiger partial charge on any atom is 0.0300 e. The van der Waals surface area contributed by atoms with E-state index in [1.165, 1.54) is 16.3 Å². The van der Waals surface area contributed by atoms with E-state index < -0.39 is 0 Å². The van der Waals surface area contributed by atoms with Crippen LogP contribution in [0.3, 0.4) is 0 Å². The molecule has 17 heavy (non-hydrogen) atoms. The topological polar surface area (TPSA) is 12.0 Å². The van der Waals surface area contributed by atoms with E-state index in [2.05, 4.69) is 76.7 Å². The van der Waals surface area contributed by atoms with Crippen molar-refractivity contribution in [3.8, 4) is 0 Å². The Balaban J connectivity index is 2.28. The van der Waals surface area contributed by atoms with Gasteiger partial charge >= 0.3 is 0 Å². The summed E-state index contributed by atoms with van der Waals surface area (Å²) in [5.41, 5.74) is 1.35. The van der Waals surface area contributed by atoms with Crippen LogP contribution in [0.25, 0.3) is 10.8 Å². The Labute approximate surface area is 111 Å². The van der Waals surface area contributed by atoms with Gasteiger partial charge in [0.1, 0.15) is 0 Å².